The van der Waals surface area contributed by atoms with Gasteiger partial charge in [0, 0.05) is 18.5 Å². The van der Waals surface area contributed by atoms with E-state index in [4.69, 9.17) is 0 Å². The van der Waals surface area contributed by atoms with E-state index >= 15 is 0 Å². The number of nitrogens with zero attached hydrogens (tertiary/aromatic N) is 2. The van der Waals surface area contributed by atoms with Crippen molar-refractivity contribution in [2.24, 2.45) is 0 Å². The molecule has 1 fully saturated rings. The quantitative estimate of drug-likeness (QED) is 0.578. The highest BCUT2D eigenvalue weighted by Crippen LogP contribution is 2.36. The fraction of sp³-hybridized carbons (Fsp3) is 0.423. The summed E-state index contributed by atoms with van der Waals surface area (Å²) in [6.45, 7) is 2.22. The lowest BCUT2D eigenvalue weighted by atomic mass is 9.79. The Labute approximate surface area is 188 Å². The number of carbonyl (C=O) groups is 2. The predicted molar refractivity (Wildman–Crippen MR) is 120 cm³/mol. The Balaban J connectivity index is 1.91. The normalized spacial score (nSPS) is 15.0. The van der Waals surface area contributed by atoms with E-state index in [1.165, 1.54) is 18.2 Å². The number of halogens is 1. The molecule has 168 valence electrons. The molecule has 0 saturated heterocycles. The summed E-state index contributed by atoms with van der Waals surface area (Å²) in [4.78, 5) is 27.0. The molecule has 0 aliphatic heterocycles. The molecule has 1 aliphatic rings. The Kier molecular flexibility index (Phi) is 7.63. The maximum Gasteiger partial charge on any atom is 0.329 e. The predicted octanol–water partition coefficient (Wildman–Crippen LogP) is 5.67. The minimum absolute atomic E-state index is 0.128. The average Bonchev–Trinajstić information content (AvgIpc) is 2.81. The lowest BCUT2D eigenvalue weighted by molar-refractivity contribution is -0.163. The standard InChI is InChI=1S/C26H29FN2O3/c1-2-3-7-24(30)29(26(25(31)32)14-5-4-6-15-26)18-19-8-10-20(11-9-19)23-16-22(27)13-12-21(23)17-28/h8-13,16H,2-7,14-15,18H2,1H3,(H,31,32). The van der Waals surface area contributed by atoms with Crippen molar-refractivity contribution >= 4 is 11.9 Å². The smallest absolute Gasteiger partial charge is 0.329 e. The minimum atomic E-state index is -1.17. The number of carboxylic acids is 1. The molecule has 1 N–H and O–H groups in total. The highest BCUT2D eigenvalue weighted by molar-refractivity contribution is 5.87. The van der Waals surface area contributed by atoms with Gasteiger partial charge in [0.15, 0.2) is 0 Å². The van der Waals surface area contributed by atoms with Crippen molar-refractivity contribution in [1.82, 2.24) is 4.90 Å². The molecule has 0 bridgehead atoms. The van der Waals surface area contributed by atoms with E-state index in [-0.39, 0.29) is 12.5 Å². The summed E-state index contributed by atoms with van der Waals surface area (Å²) < 4.78 is 13.7. The van der Waals surface area contributed by atoms with Gasteiger partial charge in [0.2, 0.25) is 5.91 Å². The molecule has 0 spiro atoms. The van der Waals surface area contributed by atoms with Gasteiger partial charge in [-0.15, -0.1) is 0 Å². The van der Waals surface area contributed by atoms with Crippen molar-refractivity contribution in [3.63, 3.8) is 0 Å². The van der Waals surface area contributed by atoms with Crippen LogP contribution in [0.2, 0.25) is 0 Å². The van der Waals surface area contributed by atoms with Crippen molar-refractivity contribution in [2.75, 3.05) is 0 Å². The van der Waals surface area contributed by atoms with E-state index in [1.807, 2.05) is 19.1 Å². The van der Waals surface area contributed by atoms with E-state index in [0.29, 0.717) is 36.0 Å². The Bertz CT molecular complexity index is 1000. The fourth-order valence-electron chi connectivity index (χ4n) is 4.50. The molecular weight excluding hydrogens is 407 g/mol. The van der Waals surface area contributed by atoms with Crippen molar-refractivity contribution < 1.29 is 19.1 Å². The third-order valence-corrected chi connectivity index (χ3v) is 6.35. The molecule has 3 rings (SSSR count). The third-order valence-electron chi connectivity index (χ3n) is 6.35. The summed E-state index contributed by atoms with van der Waals surface area (Å²) in [6, 6.07) is 13.3. The first-order valence-corrected chi connectivity index (χ1v) is 11.2. The summed E-state index contributed by atoms with van der Waals surface area (Å²) in [5.41, 5.74) is 1.21. The molecule has 2 aromatic rings. The number of aliphatic carboxylic acids is 1. The largest absolute Gasteiger partial charge is 0.479 e. The summed E-state index contributed by atoms with van der Waals surface area (Å²) in [5, 5.41) is 19.5. The molecular formula is C26H29FN2O3. The first kappa shape index (κ1) is 23.5. The van der Waals surface area contributed by atoms with Crippen LogP contribution in [-0.2, 0) is 16.1 Å². The lowest BCUT2D eigenvalue weighted by Crippen LogP contribution is -2.57. The summed E-state index contributed by atoms with van der Waals surface area (Å²) >= 11 is 0. The Morgan fingerprint density at radius 3 is 2.41 bits per heavy atom. The first-order chi connectivity index (χ1) is 15.4. The second-order valence-corrected chi connectivity index (χ2v) is 8.48. The Hall–Kier alpha value is -3.20. The number of benzene rings is 2. The third kappa shape index (κ3) is 4.99. The van der Waals surface area contributed by atoms with Gasteiger partial charge >= 0.3 is 5.97 Å². The van der Waals surface area contributed by atoms with E-state index in [0.717, 1.165) is 37.7 Å². The van der Waals surface area contributed by atoms with E-state index in [1.54, 1.807) is 17.0 Å². The maximum absolute atomic E-state index is 13.7. The lowest BCUT2D eigenvalue weighted by Gasteiger charge is -2.43. The molecule has 2 aromatic carbocycles. The summed E-state index contributed by atoms with van der Waals surface area (Å²) in [5.74, 6) is -1.48. The molecule has 0 radical (unpaired) electrons. The topological polar surface area (TPSA) is 81.4 Å². The summed E-state index contributed by atoms with van der Waals surface area (Å²) in [6.07, 6.45) is 5.41. The van der Waals surface area contributed by atoms with Gasteiger partial charge in [0.05, 0.1) is 11.6 Å². The number of rotatable bonds is 8. The number of carboxylic acid groups (broad SMARTS) is 1. The minimum Gasteiger partial charge on any atom is -0.479 e. The number of hydrogen-bond acceptors (Lipinski definition) is 3. The SMILES string of the molecule is CCCCC(=O)N(Cc1ccc(-c2cc(F)ccc2C#N)cc1)C1(C(=O)O)CCCCC1. The van der Waals surface area contributed by atoms with Crippen LogP contribution >= 0.6 is 0 Å². The van der Waals surface area contributed by atoms with Gasteiger partial charge in [-0.2, -0.15) is 5.26 Å². The van der Waals surface area contributed by atoms with Gasteiger partial charge in [0.1, 0.15) is 11.4 Å². The van der Waals surface area contributed by atoms with E-state index in [9.17, 15) is 24.3 Å². The molecule has 32 heavy (non-hydrogen) atoms. The number of carbonyl (C=O) groups excluding carboxylic acids is 1. The van der Waals surface area contributed by atoms with Crippen LogP contribution in [0.3, 0.4) is 0 Å². The Morgan fingerprint density at radius 1 is 1.12 bits per heavy atom. The van der Waals surface area contributed by atoms with Crippen LogP contribution in [0.1, 0.15) is 69.4 Å². The second-order valence-electron chi connectivity index (χ2n) is 8.48. The average molecular weight is 437 g/mol. The molecule has 5 nitrogen and oxygen atoms in total. The molecule has 0 unspecified atom stereocenters. The van der Waals surface area contributed by atoms with Crippen molar-refractivity contribution in [3.8, 4) is 17.2 Å². The zero-order valence-electron chi connectivity index (χ0n) is 18.4. The highest BCUT2D eigenvalue weighted by Gasteiger charge is 2.46. The molecule has 0 aromatic heterocycles. The van der Waals surface area contributed by atoms with Gasteiger partial charge in [-0.05, 0) is 48.6 Å². The van der Waals surface area contributed by atoms with Crippen LogP contribution in [0.4, 0.5) is 4.39 Å². The highest BCUT2D eigenvalue weighted by atomic mass is 19.1. The van der Waals surface area contributed by atoms with Crippen molar-refractivity contribution in [2.45, 2.75) is 70.4 Å². The number of amides is 1. The van der Waals surface area contributed by atoms with Crippen molar-refractivity contribution in [1.29, 1.82) is 5.26 Å². The maximum atomic E-state index is 13.7. The van der Waals surface area contributed by atoms with Gasteiger partial charge in [0.25, 0.3) is 0 Å². The van der Waals surface area contributed by atoms with Crippen LogP contribution in [0.15, 0.2) is 42.5 Å². The number of nitriles is 1. The van der Waals surface area contributed by atoms with Crippen LogP contribution < -0.4 is 0 Å². The van der Waals surface area contributed by atoms with Crippen LogP contribution in [0.5, 0.6) is 0 Å². The molecule has 6 heteroatoms. The number of hydrogen-bond donors (Lipinski definition) is 1. The van der Waals surface area contributed by atoms with E-state index < -0.39 is 17.3 Å². The monoisotopic (exact) mass is 436 g/mol. The zero-order chi connectivity index (χ0) is 23.1. The van der Waals surface area contributed by atoms with Crippen LogP contribution in [0, 0.1) is 17.1 Å². The van der Waals surface area contributed by atoms with Crippen molar-refractivity contribution in [3.05, 3.63) is 59.4 Å². The number of unbranched alkanes of at least 4 members (excludes halogenated alkanes) is 1. The zero-order valence-corrected chi connectivity index (χ0v) is 18.4. The van der Waals surface area contributed by atoms with Gasteiger partial charge in [-0.25, -0.2) is 9.18 Å². The molecule has 1 aliphatic carbocycles. The van der Waals surface area contributed by atoms with E-state index in [2.05, 4.69) is 6.07 Å². The van der Waals surface area contributed by atoms with Gasteiger partial charge in [-0.3, -0.25) is 4.79 Å². The molecule has 1 saturated carbocycles. The summed E-state index contributed by atoms with van der Waals surface area (Å²) in [7, 11) is 0. The fourth-order valence-corrected chi connectivity index (χ4v) is 4.50. The first-order valence-electron chi connectivity index (χ1n) is 11.2. The van der Waals surface area contributed by atoms with Crippen LogP contribution in [0.25, 0.3) is 11.1 Å². The van der Waals surface area contributed by atoms with Gasteiger partial charge in [-0.1, -0.05) is 56.9 Å². The second kappa shape index (κ2) is 10.4. The molecule has 0 heterocycles. The van der Waals surface area contributed by atoms with Crippen LogP contribution in [-0.4, -0.2) is 27.4 Å². The molecule has 1 amide bonds. The Morgan fingerprint density at radius 2 is 1.81 bits per heavy atom. The molecule has 0 atom stereocenters. The van der Waals surface area contributed by atoms with Gasteiger partial charge < -0.3 is 10.0 Å².